The van der Waals surface area contributed by atoms with Gasteiger partial charge in [-0.3, -0.25) is 4.68 Å². The molecule has 1 aliphatic rings. The molecule has 0 aliphatic heterocycles. The van der Waals surface area contributed by atoms with Crippen LogP contribution in [-0.2, 0) is 19.9 Å². The van der Waals surface area contributed by atoms with E-state index in [1.165, 1.54) is 47.2 Å². The van der Waals surface area contributed by atoms with Gasteiger partial charge in [-0.2, -0.15) is 5.10 Å². The van der Waals surface area contributed by atoms with Gasteiger partial charge < -0.3 is 5.32 Å². The van der Waals surface area contributed by atoms with E-state index in [1.54, 1.807) is 0 Å². The summed E-state index contributed by atoms with van der Waals surface area (Å²) >= 11 is 0. The molecule has 1 aromatic heterocycles. The highest BCUT2D eigenvalue weighted by Gasteiger charge is 2.15. The summed E-state index contributed by atoms with van der Waals surface area (Å²) in [6.45, 7) is 4.23. The van der Waals surface area contributed by atoms with E-state index in [4.69, 9.17) is 0 Å². The predicted octanol–water partition coefficient (Wildman–Crippen LogP) is 3.03. The average Bonchev–Trinajstić information content (AvgIpc) is 2.95. The van der Waals surface area contributed by atoms with Gasteiger partial charge in [-0.05, 0) is 63.9 Å². The fraction of sp³-hybridized carbons (Fsp3) is 0.471. The fourth-order valence-corrected chi connectivity index (χ4v) is 2.92. The highest BCUT2D eigenvalue weighted by atomic mass is 15.3. The number of rotatable bonds is 1. The topological polar surface area (TPSA) is 29.9 Å². The molecule has 0 spiro atoms. The molecular formula is C17H25N3. The molecule has 2 aromatic rings. The van der Waals surface area contributed by atoms with E-state index in [-0.39, 0.29) is 0 Å². The summed E-state index contributed by atoms with van der Waals surface area (Å²) in [5, 5.41) is 7.25. The minimum Gasteiger partial charge on any atom is -0.323 e. The Kier molecular flexibility index (Phi) is 4.61. The standard InChI is InChI=1S/C15H18N2.C2H7N/c1-10-15(11(2)17(3)16-10)14-8-7-12-5-4-6-13(12)9-14;1-3-2/h7-9H,4-6H2,1-3H3;3H,1-2H3. The minimum atomic E-state index is 1.13. The van der Waals surface area contributed by atoms with Gasteiger partial charge in [0.15, 0.2) is 0 Å². The van der Waals surface area contributed by atoms with Crippen molar-refractivity contribution >= 4 is 0 Å². The van der Waals surface area contributed by atoms with Crippen LogP contribution in [0.15, 0.2) is 18.2 Å². The van der Waals surface area contributed by atoms with Crippen molar-refractivity contribution in [3.63, 3.8) is 0 Å². The third kappa shape index (κ3) is 2.78. The number of aromatic nitrogens is 2. The lowest BCUT2D eigenvalue weighted by Gasteiger charge is -2.05. The molecule has 1 aliphatic carbocycles. The number of nitrogens with zero attached hydrogens (tertiary/aromatic N) is 2. The van der Waals surface area contributed by atoms with Crippen LogP contribution in [0.4, 0.5) is 0 Å². The third-order valence-corrected chi connectivity index (χ3v) is 3.90. The number of fused-ring (bicyclic) bond motifs is 1. The minimum absolute atomic E-state index is 1.13. The van der Waals surface area contributed by atoms with Crippen LogP contribution in [0.5, 0.6) is 0 Å². The van der Waals surface area contributed by atoms with E-state index in [1.807, 2.05) is 25.8 Å². The Morgan fingerprint density at radius 3 is 2.35 bits per heavy atom. The summed E-state index contributed by atoms with van der Waals surface area (Å²) in [4.78, 5) is 0. The first kappa shape index (κ1) is 14.8. The second-order valence-corrected chi connectivity index (χ2v) is 5.51. The van der Waals surface area contributed by atoms with Gasteiger partial charge in [0.1, 0.15) is 0 Å². The number of hydrogen-bond donors (Lipinski definition) is 1. The number of nitrogens with one attached hydrogen (secondary N) is 1. The van der Waals surface area contributed by atoms with Gasteiger partial charge in [-0.15, -0.1) is 0 Å². The summed E-state index contributed by atoms with van der Waals surface area (Å²) < 4.78 is 1.97. The molecule has 0 saturated carbocycles. The van der Waals surface area contributed by atoms with Crippen molar-refractivity contribution in [3.8, 4) is 11.1 Å². The number of benzene rings is 1. The highest BCUT2D eigenvalue weighted by Crippen LogP contribution is 2.31. The molecule has 0 atom stereocenters. The second-order valence-electron chi connectivity index (χ2n) is 5.51. The summed E-state index contributed by atoms with van der Waals surface area (Å²) in [5.41, 5.74) is 8.08. The van der Waals surface area contributed by atoms with Gasteiger partial charge in [0.25, 0.3) is 0 Å². The van der Waals surface area contributed by atoms with Gasteiger partial charge in [-0.1, -0.05) is 18.2 Å². The molecule has 0 unspecified atom stereocenters. The molecular weight excluding hydrogens is 246 g/mol. The lowest BCUT2D eigenvalue weighted by Crippen LogP contribution is -1.93. The Morgan fingerprint density at radius 2 is 1.75 bits per heavy atom. The van der Waals surface area contributed by atoms with E-state index in [0.717, 1.165) is 5.69 Å². The highest BCUT2D eigenvalue weighted by molar-refractivity contribution is 5.69. The van der Waals surface area contributed by atoms with E-state index < -0.39 is 0 Å². The van der Waals surface area contributed by atoms with Crippen LogP contribution in [0, 0.1) is 13.8 Å². The Labute approximate surface area is 122 Å². The molecule has 0 saturated heterocycles. The molecule has 1 N–H and O–H groups in total. The predicted molar refractivity (Wildman–Crippen MR) is 85.1 cm³/mol. The molecule has 108 valence electrons. The van der Waals surface area contributed by atoms with E-state index in [2.05, 4.69) is 42.5 Å². The zero-order valence-corrected chi connectivity index (χ0v) is 13.2. The van der Waals surface area contributed by atoms with E-state index in [0.29, 0.717) is 0 Å². The molecule has 3 nitrogen and oxygen atoms in total. The lowest BCUT2D eigenvalue weighted by atomic mass is 9.99. The second kappa shape index (κ2) is 6.23. The Balaban J connectivity index is 0.000000452. The summed E-state index contributed by atoms with van der Waals surface area (Å²) in [7, 11) is 5.76. The van der Waals surface area contributed by atoms with Crippen molar-refractivity contribution in [2.45, 2.75) is 33.1 Å². The zero-order chi connectivity index (χ0) is 14.7. The van der Waals surface area contributed by atoms with Gasteiger partial charge >= 0.3 is 0 Å². The van der Waals surface area contributed by atoms with Crippen LogP contribution in [0.25, 0.3) is 11.1 Å². The molecule has 20 heavy (non-hydrogen) atoms. The quantitative estimate of drug-likeness (QED) is 0.864. The van der Waals surface area contributed by atoms with Crippen molar-refractivity contribution < 1.29 is 0 Å². The van der Waals surface area contributed by atoms with Gasteiger partial charge in [0.05, 0.1) is 5.69 Å². The van der Waals surface area contributed by atoms with Crippen molar-refractivity contribution in [1.29, 1.82) is 0 Å². The lowest BCUT2D eigenvalue weighted by molar-refractivity contribution is 0.731. The molecule has 0 fully saturated rings. The first-order chi connectivity index (χ1) is 9.58. The van der Waals surface area contributed by atoms with Gasteiger partial charge in [-0.25, -0.2) is 0 Å². The van der Waals surface area contributed by atoms with Crippen LogP contribution in [0.1, 0.15) is 28.9 Å². The van der Waals surface area contributed by atoms with Crippen molar-refractivity contribution in [1.82, 2.24) is 15.1 Å². The van der Waals surface area contributed by atoms with Crippen molar-refractivity contribution in [2.24, 2.45) is 7.05 Å². The normalized spacial score (nSPS) is 12.8. The monoisotopic (exact) mass is 271 g/mol. The summed E-state index contributed by atoms with van der Waals surface area (Å²) in [6, 6.07) is 6.91. The van der Waals surface area contributed by atoms with E-state index in [9.17, 15) is 0 Å². The smallest absolute Gasteiger partial charge is 0.0674 e. The largest absolute Gasteiger partial charge is 0.323 e. The van der Waals surface area contributed by atoms with Gasteiger partial charge in [0.2, 0.25) is 0 Å². The van der Waals surface area contributed by atoms with Gasteiger partial charge in [0, 0.05) is 18.3 Å². The molecule has 1 aromatic carbocycles. The SMILES string of the molecule is CNC.Cc1nn(C)c(C)c1-c1ccc2c(c1)CCC2. The maximum Gasteiger partial charge on any atom is 0.0674 e. The third-order valence-electron chi connectivity index (χ3n) is 3.90. The van der Waals surface area contributed by atoms with Crippen LogP contribution >= 0.6 is 0 Å². The first-order valence-corrected chi connectivity index (χ1v) is 7.29. The van der Waals surface area contributed by atoms with Crippen LogP contribution < -0.4 is 5.32 Å². The van der Waals surface area contributed by atoms with Crippen molar-refractivity contribution in [2.75, 3.05) is 14.1 Å². The van der Waals surface area contributed by atoms with Crippen LogP contribution in [0.2, 0.25) is 0 Å². The van der Waals surface area contributed by atoms with Crippen LogP contribution in [-0.4, -0.2) is 23.9 Å². The van der Waals surface area contributed by atoms with Crippen molar-refractivity contribution in [3.05, 3.63) is 40.7 Å². The maximum atomic E-state index is 4.50. The average molecular weight is 271 g/mol. The molecule has 1 heterocycles. The summed E-state index contributed by atoms with van der Waals surface area (Å²) in [5.74, 6) is 0. The number of hydrogen-bond acceptors (Lipinski definition) is 2. The Hall–Kier alpha value is -1.61. The Morgan fingerprint density at radius 1 is 1.10 bits per heavy atom. The fourth-order valence-electron chi connectivity index (χ4n) is 2.92. The molecule has 3 heteroatoms. The zero-order valence-electron chi connectivity index (χ0n) is 13.2. The summed E-state index contributed by atoms with van der Waals surface area (Å²) in [6.07, 6.45) is 3.80. The first-order valence-electron chi connectivity index (χ1n) is 7.29. The van der Waals surface area contributed by atoms with E-state index >= 15 is 0 Å². The molecule has 3 rings (SSSR count). The molecule has 0 amide bonds. The Bertz CT molecular complexity index is 597. The molecule has 0 radical (unpaired) electrons. The maximum absolute atomic E-state index is 4.50. The number of aryl methyl sites for hydroxylation is 4. The molecule has 0 bridgehead atoms. The van der Waals surface area contributed by atoms with Crippen LogP contribution in [0.3, 0.4) is 0 Å².